The summed E-state index contributed by atoms with van der Waals surface area (Å²) in [7, 11) is 0. The van der Waals surface area contributed by atoms with Crippen molar-refractivity contribution in [1.82, 2.24) is 15.1 Å². The van der Waals surface area contributed by atoms with Crippen molar-refractivity contribution >= 4 is 5.91 Å². The van der Waals surface area contributed by atoms with E-state index in [0.29, 0.717) is 5.56 Å². The Hall–Kier alpha value is -2.10. The molecule has 2 rings (SSSR count). The maximum Gasteiger partial charge on any atom is 0.255 e. The van der Waals surface area contributed by atoms with Gasteiger partial charge in [0.2, 0.25) is 0 Å². The Balaban J connectivity index is 2.17. The van der Waals surface area contributed by atoms with Gasteiger partial charge in [0.05, 0.1) is 17.3 Å². The van der Waals surface area contributed by atoms with Crippen molar-refractivity contribution in [3.63, 3.8) is 0 Å². The minimum atomic E-state index is -0.0521. The fourth-order valence-electron chi connectivity index (χ4n) is 2.55. The fraction of sp³-hybridized carbons (Fsp3) is 0.412. The summed E-state index contributed by atoms with van der Waals surface area (Å²) in [5.41, 5.74) is 3.53. The van der Waals surface area contributed by atoms with Crippen molar-refractivity contribution in [2.45, 2.75) is 46.7 Å². The molecule has 1 aromatic carbocycles. The molecule has 0 radical (unpaired) electrons. The van der Waals surface area contributed by atoms with Crippen LogP contribution in [0.5, 0.6) is 0 Å². The van der Waals surface area contributed by atoms with Crippen LogP contribution in [0.2, 0.25) is 0 Å². The van der Waals surface area contributed by atoms with Crippen LogP contribution in [-0.2, 0) is 6.54 Å². The molecular weight excluding hydrogens is 262 g/mol. The van der Waals surface area contributed by atoms with Gasteiger partial charge in [-0.3, -0.25) is 9.48 Å². The van der Waals surface area contributed by atoms with Crippen molar-refractivity contribution in [1.29, 1.82) is 0 Å². The number of amides is 1. The van der Waals surface area contributed by atoms with Crippen LogP contribution in [0.3, 0.4) is 0 Å². The maximum atomic E-state index is 12.5. The van der Waals surface area contributed by atoms with Crippen LogP contribution < -0.4 is 5.32 Å². The fourth-order valence-corrected chi connectivity index (χ4v) is 2.55. The first-order valence-electron chi connectivity index (χ1n) is 7.44. The second-order valence-corrected chi connectivity index (χ2v) is 5.37. The predicted molar refractivity (Wildman–Crippen MR) is 84.3 cm³/mol. The summed E-state index contributed by atoms with van der Waals surface area (Å²) in [6.45, 7) is 8.79. The Morgan fingerprint density at radius 2 is 1.95 bits per heavy atom. The van der Waals surface area contributed by atoms with Gasteiger partial charge in [0.1, 0.15) is 0 Å². The Bertz CT molecular complexity index is 616. The quantitative estimate of drug-likeness (QED) is 0.915. The number of nitrogens with zero attached hydrogens (tertiary/aromatic N) is 2. The molecule has 0 aliphatic carbocycles. The lowest BCUT2D eigenvalue weighted by Gasteiger charge is -2.14. The van der Waals surface area contributed by atoms with E-state index in [0.717, 1.165) is 29.9 Å². The SMILES string of the molecule is CCCn1nc(C)c(C(=O)N[C@@H](C)c2ccccc2)c1C. The van der Waals surface area contributed by atoms with Gasteiger partial charge in [-0.05, 0) is 32.8 Å². The number of carbonyl (C=O) groups excluding carboxylic acids is 1. The lowest BCUT2D eigenvalue weighted by molar-refractivity contribution is 0.0938. The third-order valence-electron chi connectivity index (χ3n) is 3.69. The number of carbonyl (C=O) groups is 1. The number of benzene rings is 1. The number of hydrogen-bond acceptors (Lipinski definition) is 2. The second kappa shape index (κ2) is 6.57. The van der Waals surface area contributed by atoms with E-state index in [-0.39, 0.29) is 11.9 Å². The topological polar surface area (TPSA) is 46.9 Å². The summed E-state index contributed by atoms with van der Waals surface area (Å²) >= 11 is 0. The molecule has 0 saturated heterocycles. The van der Waals surface area contributed by atoms with E-state index in [1.807, 2.05) is 55.8 Å². The molecule has 1 aromatic heterocycles. The summed E-state index contributed by atoms with van der Waals surface area (Å²) in [5.74, 6) is -0.0521. The van der Waals surface area contributed by atoms with Crippen LogP contribution in [0.25, 0.3) is 0 Å². The van der Waals surface area contributed by atoms with E-state index >= 15 is 0 Å². The molecule has 1 N–H and O–H groups in total. The summed E-state index contributed by atoms with van der Waals surface area (Å²) in [5, 5.41) is 7.51. The zero-order chi connectivity index (χ0) is 15.4. The van der Waals surface area contributed by atoms with E-state index in [1.165, 1.54) is 0 Å². The highest BCUT2D eigenvalue weighted by atomic mass is 16.1. The number of aryl methyl sites for hydroxylation is 2. The van der Waals surface area contributed by atoms with E-state index in [9.17, 15) is 4.79 Å². The van der Waals surface area contributed by atoms with Gasteiger partial charge < -0.3 is 5.32 Å². The summed E-state index contributed by atoms with van der Waals surface area (Å²) in [4.78, 5) is 12.5. The van der Waals surface area contributed by atoms with Crippen LogP contribution in [0.4, 0.5) is 0 Å². The summed E-state index contributed by atoms with van der Waals surface area (Å²) < 4.78 is 1.91. The summed E-state index contributed by atoms with van der Waals surface area (Å²) in [6, 6.07) is 9.95. The molecular formula is C17H23N3O. The third kappa shape index (κ3) is 3.32. The van der Waals surface area contributed by atoms with Gasteiger partial charge in [-0.25, -0.2) is 0 Å². The van der Waals surface area contributed by atoms with Gasteiger partial charge in [-0.15, -0.1) is 0 Å². The van der Waals surface area contributed by atoms with Crippen molar-refractivity contribution in [3.05, 3.63) is 52.8 Å². The average molecular weight is 285 g/mol. The molecule has 0 aliphatic heterocycles. The Labute approximate surface area is 126 Å². The van der Waals surface area contributed by atoms with Crippen LogP contribution in [0, 0.1) is 13.8 Å². The molecule has 112 valence electrons. The van der Waals surface area contributed by atoms with Crippen molar-refractivity contribution in [2.24, 2.45) is 0 Å². The minimum absolute atomic E-state index is 0.0213. The van der Waals surface area contributed by atoms with Crippen LogP contribution in [0.1, 0.15) is 53.6 Å². The zero-order valence-corrected chi connectivity index (χ0v) is 13.2. The number of aromatic nitrogens is 2. The standard InChI is InChI=1S/C17H23N3O/c1-5-11-20-14(4)16(13(3)19-20)17(21)18-12(2)15-9-7-6-8-10-15/h6-10,12H,5,11H2,1-4H3,(H,18,21)/t12-/m0/s1. The normalized spacial score (nSPS) is 12.2. The Kier molecular flexibility index (Phi) is 4.78. The average Bonchev–Trinajstić information content (AvgIpc) is 2.75. The minimum Gasteiger partial charge on any atom is -0.345 e. The Morgan fingerprint density at radius 3 is 2.57 bits per heavy atom. The van der Waals surface area contributed by atoms with E-state index in [2.05, 4.69) is 17.3 Å². The maximum absolute atomic E-state index is 12.5. The monoisotopic (exact) mass is 285 g/mol. The molecule has 21 heavy (non-hydrogen) atoms. The molecule has 0 aliphatic rings. The van der Waals surface area contributed by atoms with Crippen LogP contribution >= 0.6 is 0 Å². The predicted octanol–water partition coefficient (Wildman–Crippen LogP) is 3.40. The molecule has 0 spiro atoms. The molecule has 0 bridgehead atoms. The highest BCUT2D eigenvalue weighted by Gasteiger charge is 2.20. The third-order valence-corrected chi connectivity index (χ3v) is 3.69. The van der Waals surface area contributed by atoms with Gasteiger partial charge in [0, 0.05) is 12.2 Å². The van der Waals surface area contributed by atoms with E-state index < -0.39 is 0 Å². The molecule has 4 heteroatoms. The molecule has 1 heterocycles. The molecule has 1 atom stereocenters. The zero-order valence-electron chi connectivity index (χ0n) is 13.2. The largest absolute Gasteiger partial charge is 0.345 e. The van der Waals surface area contributed by atoms with Crippen LogP contribution in [0.15, 0.2) is 30.3 Å². The molecule has 4 nitrogen and oxygen atoms in total. The highest BCUT2D eigenvalue weighted by molar-refractivity contribution is 5.96. The van der Waals surface area contributed by atoms with E-state index in [1.54, 1.807) is 0 Å². The van der Waals surface area contributed by atoms with Gasteiger partial charge in [0.25, 0.3) is 5.91 Å². The lowest BCUT2D eigenvalue weighted by Crippen LogP contribution is -2.27. The van der Waals surface area contributed by atoms with Gasteiger partial charge >= 0.3 is 0 Å². The summed E-state index contributed by atoms with van der Waals surface area (Å²) in [6.07, 6.45) is 1.00. The first-order valence-corrected chi connectivity index (χ1v) is 7.44. The number of rotatable bonds is 5. The van der Waals surface area contributed by atoms with E-state index in [4.69, 9.17) is 0 Å². The molecule has 0 saturated carbocycles. The second-order valence-electron chi connectivity index (χ2n) is 5.37. The van der Waals surface area contributed by atoms with Gasteiger partial charge in [0.15, 0.2) is 0 Å². The number of nitrogens with one attached hydrogen (secondary N) is 1. The van der Waals surface area contributed by atoms with Crippen molar-refractivity contribution < 1.29 is 4.79 Å². The lowest BCUT2D eigenvalue weighted by atomic mass is 10.1. The highest BCUT2D eigenvalue weighted by Crippen LogP contribution is 2.17. The smallest absolute Gasteiger partial charge is 0.255 e. The first kappa shape index (κ1) is 15.3. The molecule has 1 amide bonds. The van der Waals surface area contributed by atoms with Crippen molar-refractivity contribution in [3.8, 4) is 0 Å². The first-order chi connectivity index (χ1) is 10.0. The molecule has 2 aromatic rings. The molecule has 0 unspecified atom stereocenters. The molecule has 0 fully saturated rings. The van der Waals surface area contributed by atoms with Gasteiger partial charge in [-0.1, -0.05) is 37.3 Å². The van der Waals surface area contributed by atoms with Crippen LogP contribution in [-0.4, -0.2) is 15.7 Å². The van der Waals surface area contributed by atoms with Crippen molar-refractivity contribution in [2.75, 3.05) is 0 Å². The van der Waals surface area contributed by atoms with Gasteiger partial charge in [-0.2, -0.15) is 5.10 Å². The Morgan fingerprint density at radius 1 is 1.29 bits per heavy atom. The number of hydrogen-bond donors (Lipinski definition) is 1.